The van der Waals surface area contributed by atoms with E-state index in [-0.39, 0.29) is 36.1 Å². The number of piperidine rings is 1. The van der Waals surface area contributed by atoms with Crippen LogP contribution in [0, 0.1) is 12.8 Å². The van der Waals surface area contributed by atoms with Gasteiger partial charge in [0.05, 0.1) is 5.92 Å². The lowest BCUT2D eigenvalue weighted by Gasteiger charge is -2.33. The van der Waals surface area contributed by atoms with Crippen LogP contribution in [0.15, 0.2) is 54.6 Å². The van der Waals surface area contributed by atoms with Crippen LogP contribution in [0.4, 0.5) is 0 Å². The molecule has 0 spiro atoms. The minimum atomic E-state index is -0.269. The van der Waals surface area contributed by atoms with Gasteiger partial charge in [-0.05, 0) is 37.5 Å². The molecule has 1 N–H and O–H groups in total. The maximum absolute atomic E-state index is 13.0. The highest BCUT2D eigenvalue weighted by Gasteiger charge is 2.37. The third-order valence-corrected chi connectivity index (χ3v) is 6.20. The SMILES string of the molecule is Cc1cccc(C(=O)NC2CCN(C(=O)C3CC(=O)N(Cc4ccccc4)C3)CC2)c1. The third kappa shape index (κ3) is 5.13. The van der Waals surface area contributed by atoms with Gasteiger partial charge in [0.25, 0.3) is 5.91 Å². The predicted octanol–water partition coefficient (Wildman–Crippen LogP) is 2.76. The van der Waals surface area contributed by atoms with Crippen molar-refractivity contribution in [2.24, 2.45) is 5.92 Å². The van der Waals surface area contributed by atoms with Crippen molar-refractivity contribution in [3.05, 3.63) is 71.3 Å². The Morgan fingerprint density at radius 1 is 1.03 bits per heavy atom. The summed E-state index contributed by atoms with van der Waals surface area (Å²) in [5, 5.41) is 3.09. The summed E-state index contributed by atoms with van der Waals surface area (Å²) in [5.41, 5.74) is 2.80. The van der Waals surface area contributed by atoms with Gasteiger partial charge in [-0.15, -0.1) is 0 Å². The molecule has 0 aliphatic carbocycles. The zero-order valence-corrected chi connectivity index (χ0v) is 17.9. The van der Waals surface area contributed by atoms with E-state index in [0.717, 1.165) is 24.0 Å². The minimum Gasteiger partial charge on any atom is -0.349 e. The Balaban J connectivity index is 1.26. The smallest absolute Gasteiger partial charge is 0.251 e. The fraction of sp³-hybridized carbons (Fsp3) is 0.400. The highest BCUT2D eigenvalue weighted by Crippen LogP contribution is 2.24. The van der Waals surface area contributed by atoms with Crippen LogP contribution in [0.3, 0.4) is 0 Å². The summed E-state index contributed by atoms with van der Waals surface area (Å²) in [6.45, 7) is 4.23. The second-order valence-electron chi connectivity index (χ2n) is 8.60. The zero-order chi connectivity index (χ0) is 21.8. The monoisotopic (exact) mass is 419 g/mol. The zero-order valence-electron chi connectivity index (χ0n) is 17.9. The molecule has 0 saturated carbocycles. The second-order valence-corrected chi connectivity index (χ2v) is 8.60. The van der Waals surface area contributed by atoms with Crippen LogP contribution in [0.25, 0.3) is 0 Å². The minimum absolute atomic E-state index is 0.0440. The lowest BCUT2D eigenvalue weighted by molar-refractivity contribution is -0.136. The van der Waals surface area contributed by atoms with E-state index in [1.165, 1.54) is 0 Å². The molecule has 2 saturated heterocycles. The molecule has 0 aromatic heterocycles. The number of rotatable bonds is 5. The standard InChI is InChI=1S/C25H29N3O3/c1-18-6-5-9-20(14-18)24(30)26-22-10-12-27(13-11-22)25(31)21-15-23(29)28(17-21)16-19-7-3-2-4-8-19/h2-9,14,21-22H,10-13,15-17H2,1H3,(H,26,30). The lowest BCUT2D eigenvalue weighted by atomic mass is 10.0. The summed E-state index contributed by atoms with van der Waals surface area (Å²) in [6, 6.07) is 17.5. The van der Waals surface area contributed by atoms with Crippen molar-refractivity contribution >= 4 is 17.7 Å². The second kappa shape index (κ2) is 9.33. The fourth-order valence-electron chi connectivity index (χ4n) is 4.45. The first-order valence-electron chi connectivity index (χ1n) is 11.0. The van der Waals surface area contributed by atoms with E-state index in [1.54, 1.807) is 4.90 Å². The summed E-state index contributed by atoms with van der Waals surface area (Å²) in [4.78, 5) is 41.5. The first-order chi connectivity index (χ1) is 15.0. The van der Waals surface area contributed by atoms with E-state index in [9.17, 15) is 14.4 Å². The van der Waals surface area contributed by atoms with E-state index >= 15 is 0 Å². The van der Waals surface area contributed by atoms with Crippen molar-refractivity contribution in [1.82, 2.24) is 15.1 Å². The summed E-state index contributed by atoms with van der Waals surface area (Å²) >= 11 is 0. The molecule has 2 fully saturated rings. The Morgan fingerprint density at radius 2 is 1.77 bits per heavy atom. The molecule has 31 heavy (non-hydrogen) atoms. The molecule has 3 amide bonds. The summed E-state index contributed by atoms with van der Waals surface area (Å²) in [5.74, 6) is -0.226. The number of benzene rings is 2. The van der Waals surface area contributed by atoms with Gasteiger partial charge in [-0.25, -0.2) is 0 Å². The maximum atomic E-state index is 13.0. The Bertz CT molecular complexity index is 951. The van der Waals surface area contributed by atoms with Crippen LogP contribution in [0.2, 0.25) is 0 Å². The lowest BCUT2D eigenvalue weighted by Crippen LogP contribution is -2.48. The molecular weight excluding hydrogens is 390 g/mol. The Hall–Kier alpha value is -3.15. The molecule has 2 heterocycles. The average Bonchev–Trinajstić information content (AvgIpc) is 3.14. The molecule has 162 valence electrons. The van der Waals surface area contributed by atoms with E-state index < -0.39 is 0 Å². The van der Waals surface area contributed by atoms with E-state index in [1.807, 2.05) is 66.4 Å². The Morgan fingerprint density at radius 3 is 2.48 bits per heavy atom. The van der Waals surface area contributed by atoms with E-state index in [4.69, 9.17) is 0 Å². The van der Waals surface area contributed by atoms with E-state index in [2.05, 4.69) is 5.32 Å². The summed E-state index contributed by atoms with van der Waals surface area (Å²) in [7, 11) is 0. The van der Waals surface area contributed by atoms with Crippen molar-refractivity contribution in [3.8, 4) is 0 Å². The molecule has 6 nitrogen and oxygen atoms in total. The van der Waals surface area contributed by atoms with Gasteiger partial charge < -0.3 is 15.1 Å². The van der Waals surface area contributed by atoms with Gasteiger partial charge in [-0.3, -0.25) is 14.4 Å². The van der Waals surface area contributed by atoms with Crippen molar-refractivity contribution in [3.63, 3.8) is 0 Å². The predicted molar refractivity (Wildman–Crippen MR) is 118 cm³/mol. The molecular formula is C25H29N3O3. The molecule has 4 rings (SSSR count). The quantitative estimate of drug-likeness (QED) is 0.810. The first kappa shape index (κ1) is 21.1. The van der Waals surface area contributed by atoms with Crippen LogP contribution >= 0.6 is 0 Å². The third-order valence-electron chi connectivity index (χ3n) is 6.20. The van der Waals surface area contributed by atoms with Crippen molar-refractivity contribution in [2.75, 3.05) is 19.6 Å². The van der Waals surface area contributed by atoms with Crippen LogP contribution in [0.1, 0.15) is 40.7 Å². The Kier molecular flexibility index (Phi) is 6.35. The van der Waals surface area contributed by atoms with Crippen LogP contribution < -0.4 is 5.32 Å². The van der Waals surface area contributed by atoms with Gasteiger partial charge in [-0.2, -0.15) is 0 Å². The van der Waals surface area contributed by atoms with Gasteiger partial charge in [0.2, 0.25) is 11.8 Å². The van der Waals surface area contributed by atoms with E-state index in [0.29, 0.717) is 31.7 Å². The molecule has 1 unspecified atom stereocenters. The Labute approximate surface area is 183 Å². The van der Waals surface area contributed by atoms with Gasteiger partial charge in [-0.1, -0.05) is 48.0 Å². The molecule has 1 atom stereocenters. The molecule has 2 aromatic carbocycles. The van der Waals surface area contributed by atoms with Crippen LogP contribution in [0.5, 0.6) is 0 Å². The largest absolute Gasteiger partial charge is 0.349 e. The summed E-state index contributed by atoms with van der Waals surface area (Å²) < 4.78 is 0. The number of aryl methyl sites for hydroxylation is 1. The summed E-state index contributed by atoms with van der Waals surface area (Å²) in [6.07, 6.45) is 1.76. The van der Waals surface area contributed by atoms with Gasteiger partial charge in [0, 0.05) is 44.2 Å². The van der Waals surface area contributed by atoms with Gasteiger partial charge >= 0.3 is 0 Å². The number of carbonyl (C=O) groups excluding carboxylic acids is 3. The molecule has 6 heteroatoms. The van der Waals surface area contributed by atoms with Crippen molar-refractivity contribution < 1.29 is 14.4 Å². The number of nitrogens with zero attached hydrogens (tertiary/aromatic N) is 2. The molecule has 2 aliphatic rings. The number of carbonyl (C=O) groups is 3. The van der Waals surface area contributed by atoms with Crippen LogP contribution in [-0.2, 0) is 16.1 Å². The molecule has 2 aliphatic heterocycles. The topological polar surface area (TPSA) is 69.7 Å². The van der Waals surface area contributed by atoms with Gasteiger partial charge in [0.15, 0.2) is 0 Å². The average molecular weight is 420 g/mol. The molecule has 0 radical (unpaired) electrons. The highest BCUT2D eigenvalue weighted by molar-refractivity contribution is 5.94. The first-order valence-corrected chi connectivity index (χ1v) is 11.0. The number of likely N-dealkylation sites (tertiary alicyclic amines) is 2. The van der Waals surface area contributed by atoms with Gasteiger partial charge in [0.1, 0.15) is 0 Å². The van der Waals surface area contributed by atoms with Crippen molar-refractivity contribution in [2.45, 2.75) is 38.8 Å². The molecule has 0 bridgehead atoms. The number of hydrogen-bond donors (Lipinski definition) is 1. The normalized spacial score (nSPS) is 19.5. The van der Waals surface area contributed by atoms with Crippen molar-refractivity contribution in [1.29, 1.82) is 0 Å². The molecule has 2 aromatic rings. The highest BCUT2D eigenvalue weighted by atomic mass is 16.2. The maximum Gasteiger partial charge on any atom is 0.251 e. The number of hydrogen-bond acceptors (Lipinski definition) is 3. The fourth-order valence-corrected chi connectivity index (χ4v) is 4.45. The van der Waals surface area contributed by atoms with Crippen LogP contribution in [-0.4, -0.2) is 53.2 Å². The number of amides is 3. The number of nitrogens with one attached hydrogen (secondary N) is 1.